The van der Waals surface area contributed by atoms with E-state index in [0.29, 0.717) is 17.7 Å². The van der Waals surface area contributed by atoms with Crippen molar-refractivity contribution in [3.05, 3.63) is 65.5 Å². The number of rotatable bonds is 7. The van der Waals surface area contributed by atoms with Crippen LogP contribution in [0.15, 0.2) is 48.5 Å². The van der Waals surface area contributed by atoms with Gasteiger partial charge in [0.2, 0.25) is 0 Å². The van der Waals surface area contributed by atoms with E-state index in [4.69, 9.17) is 4.74 Å². The van der Waals surface area contributed by atoms with Crippen LogP contribution in [0.4, 0.5) is 4.39 Å². The van der Waals surface area contributed by atoms with Crippen molar-refractivity contribution in [2.45, 2.75) is 19.3 Å². The summed E-state index contributed by atoms with van der Waals surface area (Å²) in [5, 5.41) is 3.36. The normalized spacial score (nSPS) is 12.1. The van der Waals surface area contributed by atoms with Crippen LogP contribution >= 0.6 is 0 Å². The lowest BCUT2D eigenvalue weighted by Gasteiger charge is -2.19. The van der Waals surface area contributed by atoms with E-state index >= 15 is 0 Å². The number of halogens is 1. The molecule has 2 aromatic carbocycles. The molecule has 0 saturated carbocycles. The van der Waals surface area contributed by atoms with Gasteiger partial charge in [0.05, 0.1) is 7.11 Å². The van der Waals surface area contributed by atoms with Crippen LogP contribution in [-0.2, 0) is 6.42 Å². The van der Waals surface area contributed by atoms with Gasteiger partial charge in [-0.05, 0) is 30.2 Å². The summed E-state index contributed by atoms with van der Waals surface area (Å²) in [6, 6.07) is 15.6. The highest BCUT2D eigenvalue weighted by Crippen LogP contribution is 2.26. The molecule has 0 aliphatic heterocycles. The van der Waals surface area contributed by atoms with E-state index in [-0.39, 0.29) is 11.7 Å². The standard InChI is InChI=1S/C18H22FNO/c1-3-20-13-16(14-8-5-4-6-9-14)12-15-10-7-11-17(21-2)18(15)19/h4-11,16,20H,3,12-13H2,1-2H3. The molecule has 0 aromatic heterocycles. The van der Waals surface area contributed by atoms with Crippen LogP contribution in [0.1, 0.15) is 24.0 Å². The summed E-state index contributed by atoms with van der Waals surface area (Å²) in [6.45, 7) is 3.81. The van der Waals surface area contributed by atoms with Crippen molar-refractivity contribution in [2.24, 2.45) is 0 Å². The van der Waals surface area contributed by atoms with Gasteiger partial charge in [0.1, 0.15) is 0 Å². The van der Waals surface area contributed by atoms with Gasteiger partial charge in [0.25, 0.3) is 0 Å². The average molecular weight is 287 g/mol. The summed E-state index contributed by atoms with van der Waals surface area (Å²) in [4.78, 5) is 0. The van der Waals surface area contributed by atoms with Crippen molar-refractivity contribution in [1.29, 1.82) is 0 Å². The topological polar surface area (TPSA) is 21.3 Å². The second-order valence-corrected chi connectivity index (χ2v) is 5.05. The Bertz CT molecular complexity index is 556. The maximum Gasteiger partial charge on any atom is 0.168 e. The largest absolute Gasteiger partial charge is 0.494 e. The summed E-state index contributed by atoms with van der Waals surface area (Å²) >= 11 is 0. The van der Waals surface area contributed by atoms with Crippen molar-refractivity contribution in [3.8, 4) is 5.75 Å². The van der Waals surface area contributed by atoms with E-state index in [9.17, 15) is 4.39 Å². The second kappa shape index (κ2) is 7.79. The highest BCUT2D eigenvalue weighted by molar-refractivity contribution is 5.33. The SMILES string of the molecule is CCNCC(Cc1cccc(OC)c1F)c1ccccc1. The molecule has 21 heavy (non-hydrogen) atoms. The van der Waals surface area contributed by atoms with Crippen molar-refractivity contribution in [1.82, 2.24) is 5.32 Å². The second-order valence-electron chi connectivity index (χ2n) is 5.05. The van der Waals surface area contributed by atoms with Gasteiger partial charge >= 0.3 is 0 Å². The zero-order valence-electron chi connectivity index (χ0n) is 12.6. The molecule has 0 bridgehead atoms. The average Bonchev–Trinajstić information content (AvgIpc) is 2.53. The first kappa shape index (κ1) is 15.5. The third-order valence-electron chi connectivity index (χ3n) is 3.64. The Kier molecular flexibility index (Phi) is 5.76. The number of benzene rings is 2. The Morgan fingerprint density at radius 2 is 1.86 bits per heavy atom. The highest BCUT2D eigenvalue weighted by Gasteiger charge is 2.16. The van der Waals surface area contributed by atoms with Crippen LogP contribution in [0.2, 0.25) is 0 Å². The molecule has 0 amide bonds. The quantitative estimate of drug-likeness (QED) is 0.837. The van der Waals surface area contributed by atoms with Crippen LogP contribution in [0.25, 0.3) is 0 Å². The van der Waals surface area contributed by atoms with E-state index in [1.54, 1.807) is 6.07 Å². The minimum absolute atomic E-state index is 0.243. The Balaban J connectivity index is 2.23. The molecule has 112 valence electrons. The van der Waals surface area contributed by atoms with Crippen molar-refractivity contribution in [2.75, 3.05) is 20.2 Å². The number of nitrogens with one attached hydrogen (secondary N) is 1. The molecule has 0 radical (unpaired) electrons. The van der Waals surface area contributed by atoms with Crippen LogP contribution < -0.4 is 10.1 Å². The molecule has 2 rings (SSSR count). The predicted octanol–water partition coefficient (Wildman–Crippen LogP) is 3.77. The lowest BCUT2D eigenvalue weighted by atomic mass is 9.91. The van der Waals surface area contributed by atoms with Crippen LogP contribution in [0.3, 0.4) is 0 Å². The zero-order chi connectivity index (χ0) is 15.1. The zero-order valence-corrected chi connectivity index (χ0v) is 12.6. The molecule has 2 aromatic rings. The Hall–Kier alpha value is -1.87. The molecule has 0 heterocycles. The number of hydrogen-bond acceptors (Lipinski definition) is 2. The minimum Gasteiger partial charge on any atom is -0.494 e. The van der Waals surface area contributed by atoms with E-state index in [1.165, 1.54) is 12.7 Å². The predicted molar refractivity (Wildman–Crippen MR) is 84.4 cm³/mol. The first-order valence-corrected chi connectivity index (χ1v) is 7.33. The summed E-state index contributed by atoms with van der Waals surface area (Å²) in [7, 11) is 1.50. The van der Waals surface area contributed by atoms with Crippen LogP contribution in [0, 0.1) is 5.82 Å². The van der Waals surface area contributed by atoms with Gasteiger partial charge in [-0.1, -0.05) is 49.4 Å². The molecule has 0 saturated heterocycles. The minimum atomic E-state index is -0.252. The Labute approximate surface area is 126 Å². The molecule has 1 unspecified atom stereocenters. The fourth-order valence-corrected chi connectivity index (χ4v) is 2.49. The van der Waals surface area contributed by atoms with Gasteiger partial charge in [-0.2, -0.15) is 0 Å². The molecule has 0 spiro atoms. The first-order chi connectivity index (χ1) is 10.3. The van der Waals surface area contributed by atoms with Crippen LogP contribution in [0.5, 0.6) is 5.75 Å². The maximum absolute atomic E-state index is 14.3. The Morgan fingerprint density at radius 3 is 2.52 bits per heavy atom. The lowest BCUT2D eigenvalue weighted by Crippen LogP contribution is -2.23. The fourth-order valence-electron chi connectivity index (χ4n) is 2.49. The van der Waals surface area contributed by atoms with Crippen molar-refractivity contribution in [3.63, 3.8) is 0 Å². The van der Waals surface area contributed by atoms with Gasteiger partial charge in [-0.25, -0.2) is 4.39 Å². The molecule has 0 fully saturated rings. The molecule has 2 nitrogen and oxygen atoms in total. The Morgan fingerprint density at radius 1 is 1.10 bits per heavy atom. The first-order valence-electron chi connectivity index (χ1n) is 7.33. The number of likely N-dealkylation sites (N-methyl/N-ethyl adjacent to an activating group) is 1. The van der Waals surface area contributed by atoms with Gasteiger partial charge in [-0.3, -0.25) is 0 Å². The third kappa shape index (κ3) is 4.05. The number of methoxy groups -OCH3 is 1. The van der Waals surface area contributed by atoms with Crippen molar-refractivity contribution >= 4 is 0 Å². The third-order valence-corrected chi connectivity index (χ3v) is 3.64. The summed E-state index contributed by atoms with van der Waals surface area (Å²) in [5.74, 6) is 0.299. The molecular formula is C18H22FNO. The summed E-state index contributed by atoms with van der Waals surface area (Å²) < 4.78 is 19.4. The molecule has 0 aliphatic carbocycles. The number of hydrogen-bond donors (Lipinski definition) is 1. The van der Waals surface area contributed by atoms with Crippen LogP contribution in [-0.4, -0.2) is 20.2 Å². The molecule has 1 N–H and O–H groups in total. The van der Waals surface area contributed by atoms with Gasteiger partial charge in [0.15, 0.2) is 11.6 Å². The summed E-state index contributed by atoms with van der Waals surface area (Å²) in [6.07, 6.45) is 0.653. The van der Waals surface area contributed by atoms with Crippen molar-refractivity contribution < 1.29 is 9.13 Å². The number of ether oxygens (including phenoxy) is 1. The fraction of sp³-hybridized carbons (Fsp3) is 0.333. The van der Waals surface area contributed by atoms with E-state index in [2.05, 4.69) is 24.4 Å². The maximum atomic E-state index is 14.3. The van der Waals surface area contributed by atoms with E-state index < -0.39 is 0 Å². The molecule has 3 heteroatoms. The van der Waals surface area contributed by atoms with Gasteiger partial charge in [-0.15, -0.1) is 0 Å². The van der Waals surface area contributed by atoms with E-state index in [1.807, 2.05) is 30.3 Å². The van der Waals surface area contributed by atoms with E-state index in [0.717, 1.165) is 13.1 Å². The van der Waals surface area contributed by atoms with Gasteiger partial charge in [0, 0.05) is 12.5 Å². The smallest absolute Gasteiger partial charge is 0.168 e. The summed E-state index contributed by atoms with van der Waals surface area (Å²) in [5.41, 5.74) is 1.92. The highest BCUT2D eigenvalue weighted by atomic mass is 19.1. The molecule has 0 aliphatic rings. The van der Waals surface area contributed by atoms with Gasteiger partial charge < -0.3 is 10.1 Å². The lowest BCUT2D eigenvalue weighted by molar-refractivity contribution is 0.383. The monoisotopic (exact) mass is 287 g/mol. The molecular weight excluding hydrogens is 265 g/mol. The molecule has 1 atom stereocenters.